The van der Waals surface area contributed by atoms with Crippen LogP contribution in [0.1, 0.15) is 31.5 Å². The van der Waals surface area contributed by atoms with Gasteiger partial charge in [-0.15, -0.1) is 0 Å². The zero-order valence-corrected chi connectivity index (χ0v) is 9.44. The summed E-state index contributed by atoms with van der Waals surface area (Å²) in [4.78, 5) is 4.22. The van der Waals surface area contributed by atoms with Gasteiger partial charge in [0, 0.05) is 25.9 Å². The van der Waals surface area contributed by atoms with Gasteiger partial charge in [0.1, 0.15) is 0 Å². The van der Waals surface area contributed by atoms with Gasteiger partial charge in [-0.05, 0) is 26.3 Å². The molecular formula is C11H19N3O. The van der Waals surface area contributed by atoms with Crippen LogP contribution in [0.3, 0.4) is 0 Å². The van der Waals surface area contributed by atoms with Crippen LogP contribution in [0.5, 0.6) is 0 Å². The predicted molar refractivity (Wildman–Crippen MR) is 58.7 cm³/mol. The number of rotatable bonds is 4. The Labute approximate surface area is 90.6 Å². The van der Waals surface area contributed by atoms with Crippen LogP contribution in [0.15, 0.2) is 12.5 Å². The summed E-state index contributed by atoms with van der Waals surface area (Å²) in [5.41, 5.74) is 1.29. The van der Waals surface area contributed by atoms with E-state index in [1.54, 1.807) is 7.11 Å². The number of hydrogen-bond acceptors (Lipinski definition) is 3. The van der Waals surface area contributed by atoms with E-state index in [-0.39, 0.29) is 6.10 Å². The van der Waals surface area contributed by atoms with Gasteiger partial charge in [0.25, 0.3) is 0 Å². The van der Waals surface area contributed by atoms with Crippen molar-refractivity contribution in [2.45, 2.75) is 38.5 Å². The summed E-state index contributed by atoms with van der Waals surface area (Å²) < 4.78 is 7.46. The van der Waals surface area contributed by atoms with Gasteiger partial charge in [0.2, 0.25) is 0 Å². The molecule has 1 aliphatic heterocycles. The number of nitrogens with one attached hydrogen (secondary N) is 1. The molecule has 0 amide bonds. The molecule has 1 aromatic rings. The lowest BCUT2D eigenvalue weighted by molar-refractivity contribution is 0.102. The summed E-state index contributed by atoms with van der Waals surface area (Å²) in [5.74, 6) is 0. The molecule has 0 radical (unpaired) electrons. The first-order chi connectivity index (χ1) is 7.31. The van der Waals surface area contributed by atoms with E-state index in [9.17, 15) is 0 Å². The zero-order valence-electron chi connectivity index (χ0n) is 9.44. The Morgan fingerprint density at radius 3 is 3.27 bits per heavy atom. The molecule has 1 fully saturated rings. The second-order valence-corrected chi connectivity index (χ2v) is 4.17. The van der Waals surface area contributed by atoms with Gasteiger partial charge in [0.15, 0.2) is 0 Å². The van der Waals surface area contributed by atoms with Crippen molar-refractivity contribution in [3.8, 4) is 0 Å². The number of ether oxygens (including phenoxy) is 1. The molecule has 2 rings (SSSR count). The molecule has 0 bridgehead atoms. The first kappa shape index (κ1) is 10.6. The van der Waals surface area contributed by atoms with Gasteiger partial charge in [-0.25, -0.2) is 4.98 Å². The second-order valence-electron chi connectivity index (χ2n) is 4.17. The van der Waals surface area contributed by atoms with E-state index < -0.39 is 0 Å². The zero-order chi connectivity index (χ0) is 10.7. The standard InChI is InChI=1S/C11H19N3O/c1-9(15-2)7-14-8-12-6-11(14)10-4-3-5-13-10/h6,8-10,13H,3-5,7H2,1-2H3. The molecule has 0 aromatic carbocycles. The highest BCUT2D eigenvalue weighted by Gasteiger charge is 2.20. The number of hydrogen-bond donors (Lipinski definition) is 1. The van der Waals surface area contributed by atoms with E-state index in [0.717, 1.165) is 13.1 Å². The third-order valence-corrected chi connectivity index (χ3v) is 3.02. The lowest BCUT2D eigenvalue weighted by atomic mass is 10.2. The van der Waals surface area contributed by atoms with Crippen LogP contribution in [0.2, 0.25) is 0 Å². The molecule has 0 spiro atoms. The lowest BCUT2D eigenvalue weighted by Crippen LogP contribution is -2.21. The fraction of sp³-hybridized carbons (Fsp3) is 0.727. The number of aromatic nitrogens is 2. The molecule has 0 saturated carbocycles. The fourth-order valence-corrected chi connectivity index (χ4v) is 2.06. The molecular weight excluding hydrogens is 190 g/mol. The highest BCUT2D eigenvalue weighted by molar-refractivity contribution is 5.07. The molecule has 1 aliphatic rings. The second kappa shape index (κ2) is 4.77. The van der Waals surface area contributed by atoms with Gasteiger partial charge >= 0.3 is 0 Å². The average Bonchev–Trinajstić information content (AvgIpc) is 2.86. The molecule has 0 aliphatic carbocycles. The topological polar surface area (TPSA) is 39.1 Å². The Hall–Kier alpha value is -0.870. The molecule has 4 nitrogen and oxygen atoms in total. The number of imidazole rings is 1. The van der Waals surface area contributed by atoms with Crippen LogP contribution in [-0.2, 0) is 11.3 Å². The third-order valence-electron chi connectivity index (χ3n) is 3.02. The lowest BCUT2D eigenvalue weighted by Gasteiger charge is -2.16. The molecule has 84 valence electrons. The highest BCUT2D eigenvalue weighted by Crippen LogP contribution is 2.22. The van der Waals surface area contributed by atoms with Crippen LogP contribution in [0.4, 0.5) is 0 Å². The minimum atomic E-state index is 0.236. The van der Waals surface area contributed by atoms with E-state index in [4.69, 9.17) is 4.74 Å². The van der Waals surface area contributed by atoms with E-state index >= 15 is 0 Å². The van der Waals surface area contributed by atoms with Crippen molar-refractivity contribution in [1.82, 2.24) is 14.9 Å². The molecule has 2 heterocycles. The summed E-state index contributed by atoms with van der Waals surface area (Å²) >= 11 is 0. The predicted octanol–water partition coefficient (Wildman–Crippen LogP) is 1.34. The molecule has 1 aromatic heterocycles. The maximum atomic E-state index is 5.27. The van der Waals surface area contributed by atoms with Crippen LogP contribution in [-0.4, -0.2) is 29.3 Å². The van der Waals surface area contributed by atoms with E-state index in [1.165, 1.54) is 18.5 Å². The first-order valence-corrected chi connectivity index (χ1v) is 5.57. The van der Waals surface area contributed by atoms with Crippen LogP contribution < -0.4 is 5.32 Å². The average molecular weight is 209 g/mol. The monoisotopic (exact) mass is 209 g/mol. The molecule has 1 saturated heterocycles. The van der Waals surface area contributed by atoms with Crippen LogP contribution in [0.25, 0.3) is 0 Å². The molecule has 15 heavy (non-hydrogen) atoms. The van der Waals surface area contributed by atoms with Gasteiger partial charge < -0.3 is 14.6 Å². The van der Waals surface area contributed by atoms with Gasteiger partial charge in [-0.1, -0.05) is 0 Å². The summed E-state index contributed by atoms with van der Waals surface area (Å²) in [6.07, 6.45) is 6.57. The molecule has 4 heteroatoms. The Morgan fingerprint density at radius 1 is 1.73 bits per heavy atom. The van der Waals surface area contributed by atoms with Crippen molar-refractivity contribution < 1.29 is 4.74 Å². The van der Waals surface area contributed by atoms with Crippen molar-refractivity contribution in [1.29, 1.82) is 0 Å². The van der Waals surface area contributed by atoms with Crippen molar-refractivity contribution in [3.05, 3.63) is 18.2 Å². The third kappa shape index (κ3) is 2.38. The SMILES string of the molecule is COC(C)Cn1cncc1C1CCCN1. The summed E-state index contributed by atoms with van der Waals surface area (Å²) in [5, 5.41) is 3.49. The smallest absolute Gasteiger partial charge is 0.0949 e. The largest absolute Gasteiger partial charge is 0.380 e. The van der Waals surface area contributed by atoms with Gasteiger partial charge in [0.05, 0.1) is 18.1 Å². The van der Waals surface area contributed by atoms with Crippen molar-refractivity contribution >= 4 is 0 Å². The summed E-state index contributed by atoms with van der Waals surface area (Å²) in [7, 11) is 1.75. The van der Waals surface area contributed by atoms with Crippen LogP contribution in [0, 0.1) is 0 Å². The quantitative estimate of drug-likeness (QED) is 0.813. The summed E-state index contributed by atoms with van der Waals surface area (Å²) in [6.45, 7) is 4.07. The molecule has 1 N–H and O–H groups in total. The van der Waals surface area contributed by atoms with Crippen molar-refractivity contribution in [2.75, 3.05) is 13.7 Å². The maximum absolute atomic E-state index is 5.27. The Morgan fingerprint density at radius 2 is 2.60 bits per heavy atom. The van der Waals surface area contributed by atoms with Gasteiger partial charge in [-0.2, -0.15) is 0 Å². The Balaban J connectivity index is 2.07. The number of methoxy groups -OCH3 is 1. The fourth-order valence-electron chi connectivity index (χ4n) is 2.06. The van der Waals surface area contributed by atoms with E-state index in [1.807, 2.05) is 12.5 Å². The normalized spacial score (nSPS) is 23.2. The van der Waals surface area contributed by atoms with Crippen molar-refractivity contribution in [2.24, 2.45) is 0 Å². The first-order valence-electron chi connectivity index (χ1n) is 5.57. The highest BCUT2D eigenvalue weighted by atomic mass is 16.5. The summed E-state index contributed by atoms with van der Waals surface area (Å²) in [6, 6.07) is 0.483. The number of nitrogens with zero attached hydrogens (tertiary/aromatic N) is 2. The van der Waals surface area contributed by atoms with Crippen LogP contribution >= 0.6 is 0 Å². The van der Waals surface area contributed by atoms with E-state index in [0.29, 0.717) is 6.04 Å². The molecule has 2 unspecified atom stereocenters. The van der Waals surface area contributed by atoms with E-state index in [2.05, 4.69) is 21.8 Å². The minimum Gasteiger partial charge on any atom is -0.380 e. The Bertz CT molecular complexity index is 305. The minimum absolute atomic E-state index is 0.236. The Kier molecular flexibility index (Phi) is 3.38. The van der Waals surface area contributed by atoms with Crippen molar-refractivity contribution in [3.63, 3.8) is 0 Å². The maximum Gasteiger partial charge on any atom is 0.0949 e. The van der Waals surface area contributed by atoms with Gasteiger partial charge in [-0.3, -0.25) is 0 Å². The molecule has 2 atom stereocenters.